The number of carboxylic acids is 1. The van der Waals surface area contributed by atoms with Gasteiger partial charge in [-0.05, 0) is 30.9 Å². The Morgan fingerprint density at radius 1 is 1.57 bits per heavy atom. The third-order valence-corrected chi connectivity index (χ3v) is 3.80. The van der Waals surface area contributed by atoms with Crippen molar-refractivity contribution in [3.63, 3.8) is 0 Å². The first-order chi connectivity index (χ1) is 6.66. The van der Waals surface area contributed by atoms with Crippen molar-refractivity contribution >= 4 is 17.3 Å². The van der Waals surface area contributed by atoms with E-state index in [9.17, 15) is 9.90 Å². The van der Waals surface area contributed by atoms with Gasteiger partial charge in [0.2, 0.25) is 0 Å². The van der Waals surface area contributed by atoms with Crippen LogP contribution in [0.5, 0.6) is 0 Å². The van der Waals surface area contributed by atoms with Crippen LogP contribution >= 0.6 is 11.3 Å². The summed E-state index contributed by atoms with van der Waals surface area (Å²) in [5, 5.41) is 18.1. The number of thiophene rings is 1. The van der Waals surface area contributed by atoms with Crippen LogP contribution in [0.15, 0.2) is 6.07 Å². The molecule has 1 atom stereocenters. The zero-order valence-electron chi connectivity index (χ0n) is 7.69. The highest BCUT2D eigenvalue weighted by Gasteiger charge is 2.20. The first-order valence-electron chi connectivity index (χ1n) is 4.68. The molecule has 0 saturated heterocycles. The second kappa shape index (κ2) is 3.71. The van der Waals surface area contributed by atoms with E-state index in [2.05, 4.69) is 0 Å². The van der Waals surface area contributed by atoms with Gasteiger partial charge in [0.15, 0.2) is 0 Å². The number of fused-ring (bicyclic) bond motifs is 1. The van der Waals surface area contributed by atoms with E-state index in [1.165, 1.54) is 16.9 Å². The molecule has 0 saturated carbocycles. The Morgan fingerprint density at radius 2 is 2.36 bits per heavy atom. The third-order valence-electron chi connectivity index (χ3n) is 2.46. The molecule has 76 valence electrons. The largest absolute Gasteiger partial charge is 0.481 e. The van der Waals surface area contributed by atoms with Gasteiger partial charge < -0.3 is 10.2 Å². The molecule has 1 heterocycles. The Labute approximate surface area is 86.0 Å². The van der Waals surface area contributed by atoms with Crippen LogP contribution in [0.3, 0.4) is 0 Å². The monoisotopic (exact) mass is 212 g/mol. The fourth-order valence-corrected chi connectivity index (χ4v) is 3.03. The molecule has 0 amide bonds. The number of hydrogen-bond acceptors (Lipinski definition) is 3. The van der Waals surface area contributed by atoms with Crippen molar-refractivity contribution in [2.24, 2.45) is 0 Å². The van der Waals surface area contributed by atoms with E-state index in [0.717, 1.165) is 17.7 Å². The standard InChI is InChI=1S/C10H12O3S/c11-7(5-10(12)13)9-4-6-2-1-3-8(6)14-9/h4,7,11H,1-3,5H2,(H,12,13)/t7-/m0/s1. The van der Waals surface area contributed by atoms with Crippen LogP contribution in [0.4, 0.5) is 0 Å². The number of aryl methyl sites for hydroxylation is 2. The Hall–Kier alpha value is -0.870. The summed E-state index contributed by atoms with van der Waals surface area (Å²) >= 11 is 1.56. The molecule has 14 heavy (non-hydrogen) atoms. The predicted octanol–water partition coefficient (Wildman–Crippen LogP) is 1.74. The van der Waals surface area contributed by atoms with Crippen molar-refractivity contribution in [2.45, 2.75) is 31.8 Å². The first-order valence-corrected chi connectivity index (χ1v) is 5.50. The van der Waals surface area contributed by atoms with Gasteiger partial charge in [0, 0.05) is 9.75 Å². The molecule has 0 aromatic carbocycles. The Morgan fingerprint density at radius 3 is 3.00 bits per heavy atom. The van der Waals surface area contributed by atoms with Crippen LogP contribution in [-0.4, -0.2) is 16.2 Å². The summed E-state index contributed by atoms with van der Waals surface area (Å²) in [6, 6.07) is 1.96. The van der Waals surface area contributed by atoms with Gasteiger partial charge in [-0.25, -0.2) is 0 Å². The number of aliphatic hydroxyl groups excluding tert-OH is 1. The zero-order chi connectivity index (χ0) is 10.1. The molecule has 2 N–H and O–H groups in total. The van der Waals surface area contributed by atoms with Crippen LogP contribution < -0.4 is 0 Å². The maximum atomic E-state index is 10.4. The predicted molar refractivity (Wildman–Crippen MR) is 53.6 cm³/mol. The second-order valence-corrected chi connectivity index (χ2v) is 4.73. The number of carboxylic acid groups (broad SMARTS) is 1. The summed E-state index contributed by atoms with van der Waals surface area (Å²) in [5.41, 5.74) is 1.30. The average Bonchev–Trinajstić information content (AvgIpc) is 2.58. The Bertz CT molecular complexity index is 335. The Balaban J connectivity index is 2.13. The minimum absolute atomic E-state index is 0.195. The van der Waals surface area contributed by atoms with Crippen LogP contribution in [0.1, 0.15) is 34.3 Å². The topological polar surface area (TPSA) is 57.5 Å². The molecule has 1 aromatic rings. The van der Waals surface area contributed by atoms with Crippen LogP contribution in [0.2, 0.25) is 0 Å². The summed E-state index contributed by atoms with van der Waals surface area (Å²) in [6.07, 6.45) is 2.32. The minimum Gasteiger partial charge on any atom is -0.481 e. The fraction of sp³-hybridized carbons (Fsp3) is 0.500. The number of rotatable bonds is 3. The molecular weight excluding hydrogens is 200 g/mol. The summed E-state index contributed by atoms with van der Waals surface area (Å²) in [4.78, 5) is 12.5. The lowest BCUT2D eigenvalue weighted by molar-refractivity contribution is -0.139. The van der Waals surface area contributed by atoms with Crippen molar-refractivity contribution in [1.82, 2.24) is 0 Å². The molecule has 3 nitrogen and oxygen atoms in total. The summed E-state index contributed by atoms with van der Waals surface area (Å²) < 4.78 is 0. The maximum absolute atomic E-state index is 10.4. The quantitative estimate of drug-likeness (QED) is 0.802. The van der Waals surface area contributed by atoms with E-state index < -0.39 is 12.1 Å². The SMILES string of the molecule is O=C(O)C[C@H](O)c1cc2c(s1)CCC2. The fourth-order valence-electron chi connectivity index (χ4n) is 1.78. The van der Waals surface area contributed by atoms with Crippen molar-refractivity contribution in [1.29, 1.82) is 0 Å². The van der Waals surface area contributed by atoms with Gasteiger partial charge in [-0.2, -0.15) is 0 Å². The highest BCUT2D eigenvalue weighted by Crippen LogP contribution is 2.34. The number of aliphatic hydroxyl groups is 1. The summed E-state index contributed by atoms with van der Waals surface area (Å²) in [7, 11) is 0. The lowest BCUT2D eigenvalue weighted by Gasteiger charge is -2.03. The van der Waals surface area contributed by atoms with Gasteiger partial charge in [0.05, 0.1) is 12.5 Å². The lowest BCUT2D eigenvalue weighted by Crippen LogP contribution is -2.03. The van der Waals surface area contributed by atoms with E-state index in [-0.39, 0.29) is 6.42 Å². The molecule has 0 fully saturated rings. The van der Waals surface area contributed by atoms with Crippen molar-refractivity contribution in [3.8, 4) is 0 Å². The highest BCUT2D eigenvalue weighted by molar-refractivity contribution is 7.12. The van der Waals surface area contributed by atoms with Crippen molar-refractivity contribution in [2.75, 3.05) is 0 Å². The highest BCUT2D eigenvalue weighted by atomic mass is 32.1. The molecule has 0 bridgehead atoms. The van der Waals surface area contributed by atoms with E-state index in [4.69, 9.17) is 5.11 Å². The van der Waals surface area contributed by atoms with Crippen LogP contribution in [0, 0.1) is 0 Å². The molecular formula is C10H12O3S. The lowest BCUT2D eigenvalue weighted by atomic mass is 10.2. The molecule has 4 heteroatoms. The number of aliphatic carboxylic acids is 1. The number of carbonyl (C=O) groups is 1. The Kier molecular flexibility index (Phi) is 2.56. The van der Waals surface area contributed by atoms with Gasteiger partial charge >= 0.3 is 5.97 Å². The van der Waals surface area contributed by atoms with Gasteiger partial charge in [-0.3, -0.25) is 4.79 Å². The number of hydrogen-bond donors (Lipinski definition) is 2. The summed E-state index contributed by atoms with van der Waals surface area (Å²) in [6.45, 7) is 0. The molecule has 2 rings (SSSR count). The first kappa shape index (κ1) is 9.68. The van der Waals surface area contributed by atoms with E-state index in [1.807, 2.05) is 6.07 Å². The van der Waals surface area contributed by atoms with Gasteiger partial charge in [0.25, 0.3) is 0 Å². The molecule has 1 aliphatic carbocycles. The normalized spacial score (nSPS) is 16.6. The smallest absolute Gasteiger partial charge is 0.306 e. The minimum atomic E-state index is -0.953. The van der Waals surface area contributed by atoms with Crippen molar-refractivity contribution in [3.05, 3.63) is 21.4 Å². The van der Waals surface area contributed by atoms with E-state index in [0.29, 0.717) is 0 Å². The summed E-state index contributed by atoms with van der Waals surface area (Å²) in [5.74, 6) is -0.953. The second-order valence-electron chi connectivity index (χ2n) is 3.56. The van der Waals surface area contributed by atoms with E-state index >= 15 is 0 Å². The molecule has 0 spiro atoms. The molecule has 1 aromatic heterocycles. The molecule has 1 aliphatic rings. The molecule has 0 radical (unpaired) electrons. The molecule has 0 aliphatic heterocycles. The third kappa shape index (κ3) is 1.81. The van der Waals surface area contributed by atoms with E-state index in [1.54, 1.807) is 11.3 Å². The average molecular weight is 212 g/mol. The maximum Gasteiger partial charge on any atom is 0.306 e. The van der Waals surface area contributed by atoms with Gasteiger partial charge in [-0.1, -0.05) is 0 Å². The zero-order valence-corrected chi connectivity index (χ0v) is 8.51. The molecule has 0 unspecified atom stereocenters. The van der Waals surface area contributed by atoms with Crippen LogP contribution in [-0.2, 0) is 17.6 Å². The van der Waals surface area contributed by atoms with Crippen molar-refractivity contribution < 1.29 is 15.0 Å². The van der Waals surface area contributed by atoms with Gasteiger partial charge in [-0.15, -0.1) is 11.3 Å². The van der Waals surface area contributed by atoms with Crippen LogP contribution in [0.25, 0.3) is 0 Å². The van der Waals surface area contributed by atoms with Gasteiger partial charge in [0.1, 0.15) is 0 Å².